The van der Waals surface area contributed by atoms with E-state index >= 15 is 0 Å². The maximum Gasteiger partial charge on any atom is 0.338 e. The number of hydrogen-bond donors (Lipinski definition) is 1. The highest BCUT2D eigenvalue weighted by Crippen LogP contribution is 2.55. The van der Waals surface area contributed by atoms with E-state index in [0.29, 0.717) is 18.1 Å². The van der Waals surface area contributed by atoms with Gasteiger partial charge in [-0.3, -0.25) is 0 Å². The summed E-state index contributed by atoms with van der Waals surface area (Å²) in [6.07, 6.45) is 2.32. The van der Waals surface area contributed by atoms with Crippen LogP contribution in [0.2, 0.25) is 0 Å². The first-order chi connectivity index (χ1) is 9.26. The van der Waals surface area contributed by atoms with Crippen molar-refractivity contribution in [2.75, 3.05) is 6.61 Å². The first-order valence-corrected chi connectivity index (χ1v) is 7.35. The van der Waals surface area contributed by atoms with E-state index < -0.39 is 0 Å². The van der Waals surface area contributed by atoms with Crippen LogP contribution in [0.25, 0.3) is 0 Å². The van der Waals surface area contributed by atoms with Crippen molar-refractivity contribution in [1.29, 1.82) is 0 Å². The second-order valence-electron chi connectivity index (χ2n) is 7.00. The van der Waals surface area contributed by atoms with E-state index in [1.54, 1.807) is 12.1 Å². The van der Waals surface area contributed by atoms with E-state index in [-0.39, 0.29) is 16.8 Å². The van der Waals surface area contributed by atoms with Crippen molar-refractivity contribution in [1.82, 2.24) is 0 Å². The Kier molecular flexibility index (Phi) is 3.92. The molecule has 0 amide bonds. The molecule has 0 aromatic heterocycles. The van der Waals surface area contributed by atoms with E-state index in [4.69, 9.17) is 4.74 Å². The van der Waals surface area contributed by atoms with Gasteiger partial charge in [0.1, 0.15) is 5.69 Å². The minimum Gasteiger partial charge on any atom is -0.461 e. The van der Waals surface area contributed by atoms with E-state index in [0.717, 1.165) is 12.1 Å². The van der Waals surface area contributed by atoms with Crippen molar-refractivity contribution in [2.24, 2.45) is 16.7 Å². The number of carbonyl (C=O) groups excluding carboxylic acids is 1. The fourth-order valence-electron chi connectivity index (χ4n) is 3.02. The molecule has 2 atom stereocenters. The molecular weight excluding hydrogens is 250 g/mol. The van der Waals surface area contributed by atoms with E-state index in [2.05, 4.69) is 33.4 Å². The van der Waals surface area contributed by atoms with Gasteiger partial charge in [-0.25, -0.2) is 4.79 Å². The number of quaternary nitrogens is 1. The van der Waals surface area contributed by atoms with Gasteiger partial charge in [0.15, 0.2) is 0 Å². The van der Waals surface area contributed by atoms with Gasteiger partial charge in [0, 0.05) is 5.41 Å². The molecule has 110 valence electrons. The molecule has 0 radical (unpaired) electrons. The molecule has 2 rings (SSSR count). The summed E-state index contributed by atoms with van der Waals surface area (Å²) in [5.74, 6) is 0.429. The van der Waals surface area contributed by atoms with Crippen LogP contribution in [0.3, 0.4) is 0 Å². The maximum absolute atomic E-state index is 12.1. The molecule has 0 aliphatic heterocycles. The van der Waals surface area contributed by atoms with Crippen LogP contribution >= 0.6 is 0 Å². The number of carbonyl (C=O) groups is 1. The van der Waals surface area contributed by atoms with Crippen LogP contribution in [-0.2, 0) is 4.74 Å². The van der Waals surface area contributed by atoms with Crippen molar-refractivity contribution in [2.45, 2.75) is 40.5 Å². The zero-order valence-electron chi connectivity index (χ0n) is 13.0. The van der Waals surface area contributed by atoms with Gasteiger partial charge in [-0.2, -0.15) is 0 Å². The summed E-state index contributed by atoms with van der Waals surface area (Å²) in [5, 5.41) is 0. The lowest BCUT2D eigenvalue weighted by molar-refractivity contribution is -0.254. The quantitative estimate of drug-likeness (QED) is 0.862. The molecule has 1 fully saturated rings. The monoisotopic (exact) mass is 276 g/mol. The summed E-state index contributed by atoms with van der Waals surface area (Å²) in [7, 11) is 0. The molecule has 1 saturated carbocycles. The van der Waals surface area contributed by atoms with Gasteiger partial charge in [0.05, 0.1) is 12.2 Å². The van der Waals surface area contributed by atoms with Crippen molar-refractivity contribution < 1.29 is 15.3 Å². The van der Waals surface area contributed by atoms with Gasteiger partial charge in [-0.15, -0.1) is 0 Å². The smallest absolute Gasteiger partial charge is 0.338 e. The van der Waals surface area contributed by atoms with Crippen LogP contribution in [0.15, 0.2) is 24.3 Å². The SMILES string of the molecule is CC1CCC(C)(COC(=O)c2ccc([NH3+])cc2)C1(C)C. The lowest BCUT2D eigenvalue weighted by Crippen LogP contribution is -2.40. The minimum absolute atomic E-state index is 0.0638. The summed E-state index contributed by atoms with van der Waals surface area (Å²) in [5.41, 5.74) is 5.58. The number of hydrogen-bond acceptors (Lipinski definition) is 2. The third-order valence-corrected chi connectivity index (χ3v) is 5.63. The predicted molar refractivity (Wildman–Crippen MR) is 79.6 cm³/mol. The molecule has 3 N–H and O–H groups in total. The third kappa shape index (κ3) is 2.59. The van der Waals surface area contributed by atoms with Gasteiger partial charge >= 0.3 is 5.97 Å². The molecule has 0 heterocycles. The van der Waals surface area contributed by atoms with E-state index in [1.807, 2.05) is 12.1 Å². The van der Waals surface area contributed by atoms with Crippen LogP contribution in [0.5, 0.6) is 0 Å². The fraction of sp³-hybridized carbons (Fsp3) is 0.588. The van der Waals surface area contributed by atoms with E-state index in [1.165, 1.54) is 6.42 Å². The maximum atomic E-state index is 12.1. The highest BCUT2D eigenvalue weighted by Gasteiger charge is 2.50. The van der Waals surface area contributed by atoms with Crippen LogP contribution < -0.4 is 5.73 Å². The molecule has 0 saturated heterocycles. The summed E-state index contributed by atoms with van der Waals surface area (Å²) in [6, 6.07) is 7.21. The second-order valence-corrected chi connectivity index (χ2v) is 7.00. The van der Waals surface area contributed by atoms with Gasteiger partial charge in [-0.05, 0) is 48.4 Å². The van der Waals surface area contributed by atoms with Crippen LogP contribution in [-0.4, -0.2) is 12.6 Å². The average molecular weight is 276 g/mol. The first kappa shape index (κ1) is 15.0. The molecule has 1 aromatic carbocycles. The van der Waals surface area contributed by atoms with Crippen molar-refractivity contribution >= 4 is 11.7 Å². The van der Waals surface area contributed by atoms with Crippen molar-refractivity contribution in [3.8, 4) is 0 Å². The Morgan fingerprint density at radius 3 is 2.40 bits per heavy atom. The summed E-state index contributed by atoms with van der Waals surface area (Å²) in [6.45, 7) is 9.60. The molecule has 3 heteroatoms. The van der Waals surface area contributed by atoms with Gasteiger partial charge in [0.25, 0.3) is 0 Å². The molecule has 0 bridgehead atoms. The molecule has 1 aliphatic carbocycles. The van der Waals surface area contributed by atoms with Gasteiger partial charge in [-0.1, -0.05) is 27.7 Å². The highest BCUT2D eigenvalue weighted by atomic mass is 16.5. The topological polar surface area (TPSA) is 53.9 Å². The molecule has 20 heavy (non-hydrogen) atoms. The first-order valence-electron chi connectivity index (χ1n) is 7.35. The minimum atomic E-state index is -0.235. The lowest BCUT2D eigenvalue weighted by atomic mass is 9.66. The zero-order chi connectivity index (χ0) is 15.0. The van der Waals surface area contributed by atoms with Gasteiger partial charge in [0.2, 0.25) is 0 Å². The van der Waals surface area contributed by atoms with Crippen molar-refractivity contribution in [3.63, 3.8) is 0 Å². The van der Waals surface area contributed by atoms with Crippen LogP contribution in [0, 0.1) is 16.7 Å². The Balaban J connectivity index is 2.02. The lowest BCUT2D eigenvalue weighted by Gasteiger charge is -2.40. The zero-order valence-corrected chi connectivity index (χ0v) is 13.0. The number of benzene rings is 1. The predicted octanol–water partition coefficient (Wildman–Crippen LogP) is 3.18. The Morgan fingerprint density at radius 1 is 1.30 bits per heavy atom. The summed E-state index contributed by atoms with van der Waals surface area (Å²) >= 11 is 0. The average Bonchev–Trinajstić information content (AvgIpc) is 2.61. The van der Waals surface area contributed by atoms with Crippen molar-refractivity contribution in [3.05, 3.63) is 29.8 Å². The third-order valence-electron chi connectivity index (χ3n) is 5.63. The molecule has 2 unspecified atom stereocenters. The van der Waals surface area contributed by atoms with Gasteiger partial charge < -0.3 is 10.5 Å². The number of ether oxygens (including phenoxy) is 1. The summed E-state index contributed by atoms with van der Waals surface area (Å²) in [4.78, 5) is 12.1. The Hall–Kier alpha value is -1.35. The number of rotatable bonds is 3. The molecule has 1 aromatic rings. The van der Waals surface area contributed by atoms with E-state index in [9.17, 15) is 4.79 Å². The van der Waals surface area contributed by atoms with Crippen LogP contribution in [0.1, 0.15) is 50.9 Å². The molecule has 3 nitrogen and oxygen atoms in total. The largest absolute Gasteiger partial charge is 0.461 e. The molecule has 1 aliphatic rings. The Bertz CT molecular complexity index is 492. The fourth-order valence-corrected chi connectivity index (χ4v) is 3.02. The summed E-state index contributed by atoms with van der Waals surface area (Å²) < 4.78 is 5.58. The normalized spacial score (nSPS) is 28.4. The number of esters is 1. The second kappa shape index (κ2) is 5.21. The standard InChI is InChI=1S/C17H25NO2/c1-12-9-10-17(4,16(12,2)3)11-20-15(19)13-5-7-14(18)8-6-13/h5-8,12H,9-11,18H2,1-4H3/p+1. The van der Waals surface area contributed by atoms with Crippen LogP contribution in [0.4, 0.5) is 5.69 Å². The highest BCUT2D eigenvalue weighted by molar-refractivity contribution is 5.89. The Morgan fingerprint density at radius 2 is 1.90 bits per heavy atom. The Labute approximate surface area is 121 Å². The molecular formula is C17H26NO2+. The molecule has 0 spiro atoms.